The molecule has 6 heteroatoms. The lowest BCUT2D eigenvalue weighted by atomic mass is 10.1. The molecule has 5 aromatic rings. The van der Waals surface area contributed by atoms with Crippen molar-refractivity contribution in [3.63, 3.8) is 0 Å². The third-order valence-electron chi connectivity index (χ3n) is 4.55. The first-order valence-electron chi connectivity index (χ1n) is 8.45. The summed E-state index contributed by atoms with van der Waals surface area (Å²) in [6.45, 7) is 0. The molecule has 0 N–H and O–H groups in total. The second-order valence-electron chi connectivity index (χ2n) is 6.33. The molecular weight excluding hydrogens is 324 g/mol. The van der Waals surface area contributed by atoms with Gasteiger partial charge in [-0.1, -0.05) is 36.4 Å². The van der Waals surface area contributed by atoms with Gasteiger partial charge in [0.1, 0.15) is 0 Å². The van der Waals surface area contributed by atoms with Crippen LogP contribution in [0, 0.1) is 0 Å². The molecule has 126 valence electrons. The summed E-state index contributed by atoms with van der Waals surface area (Å²) >= 11 is 0. The van der Waals surface area contributed by atoms with E-state index in [2.05, 4.69) is 33.4 Å². The van der Waals surface area contributed by atoms with Crippen molar-refractivity contribution in [3.05, 3.63) is 78.4 Å². The summed E-state index contributed by atoms with van der Waals surface area (Å²) in [5.74, 6) is 0.813. The molecule has 26 heavy (non-hydrogen) atoms. The number of aryl methyl sites for hydroxylation is 1. The fraction of sp³-hybridized carbons (Fsp3) is 0.100. The number of fused-ring (bicyclic) bond motifs is 2. The monoisotopic (exact) mass is 340 g/mol. The summed E-state index contributed by atoms with van der Waals surface area (Å²) in [7, 11) is 2.00. The average molecular weight is 340 g/mol. The van der Waals surface area contributed by atoms with Gasteiger partial charge in [-0.15, -0.1) is 10.2 Å². The number of rotatable bonds is 3. The van der Waals surface area contributed by atoms with Gasteiger partial charge in [0.25, 0.3) is 0 Å². The molecule has 0 bridgehead atoms. The summed E-state index contributed by atoms with van der Waals surface area (Å²) in [4.78, 5) is 4.43. The number of aromatic nitrogens is 6. The summed E-state index contributed by atoms with van der Waals surface area (Å²) in [6, 6.07) is 20.3. The highest BCUT2D eigenvalue weighted by molar-refractivity contribution is 5.76. The Hall–Kier alpha value is -3.54. The second-order valence-corrected chi connectivity index (χ2v) is 6.33. The Bertz CT molecular complexity index is 1220. The van der Waals surface area contributed by atoms with E-state index in [1.165, 1.54) is 0 Å². The van der Waals surface area contributed by atoms with E-state index >= 15 is 0 Å². The van der Waals surface area contributed by atoms with E-state index in [4.69, 9.17) is 5.10 Å². The Labute approximate surface area is 149 Å². The quantitative estimate of drug-likeness (QED) is 0.506. The number of nitrogens with zero attached hydrogens (tertiary/aromatic N) is 6. The van der Waals surface area contributed by atoms with Gasteiger partial charge in [-0.25, -0.2) is 4.98 Å². The maximum absolute atomic E-state index is 4.74. The van der Waals surface area contributed by atoms with E-state index in [-0.39, 0.29) is 0 Å². The highest BCUT2D eigenvalue weighted by atomic mass is 15.4. The molecule has 2 aromatic carbocycles. The van der Waals surface area contributed by atoms with Crippen LogP contribution in [0.1, 0.15) is 11.4 Å². The number of imidazole rings is 1. The molecule has 0 atom stereocenters. The van der Waals surface area contributed by atoms with Crippen molar-refractivity contribution in [2.24, 2.45) is 7.05 Å². The number of benzene rings is 2. The molecule has 0 amide bonds. The van der Waals surface area contributed by atoms with Crippen LogP contribution in [0.25, 0.3) is 27.9 Å². The molecule has 3 heterocycles. The maximum Gasteiger partial charge on any atom is 0.177 e. The Morgan fingerprint density at radius 1 is 0.923 bits per heavy atom. The minimum Gasteiger partial charge on any atom is -0.334 e. The van der Waals surface area contributed by atoms with Crippen LogP contribution in [-0.4, -0.2) is 29.4 Å². The van der Waals surface area contributed by atoms with Crippen molar-refractivity contribution < 1.29 is 0 Å². The van der Waals surface area contributed by atoms with Crippen molar-refractivity contribution in [2.75, 3.05) is 0 Å². The average Bonchev–Trinajstić information content (AvgIpc) is 3.26. The predicted molar refractivity (Wildman–Crippen MR) is 99.7 cm³/mol. The Balaban J connectivity index is 1.55. The first-order valence-corrected chi connectivity index (χ1v) is 8.45. The van der Waals surface area contributed by atoms with Crippen molar-refractivity contribution in [1.29, 1.82) is 0 Å². The fourth-order valence-electron chi connectivity index (χ4n) is 3.18. The van der Waals surface area contributed by atoms with Gasteiger partial charge in [-0.05, 0) is 29.8 Å². The first kappa shape index (κ1) is 14.8. The highest BCUT2D eigenvalue weighted by Gasteiger charge is 2.10. The summed E-state index contributed by atoms with van der Waals surface area (Å²) in [5, 5.41) is 13.3. The summed E-state index contributed by atoms with van der Waals surface area (Å²) in [6.07, 6.45) is 2.48. The number of hydrogen-bond acceptors (Lipinski definition) is 4. The summed E-state index contributed by atoms with van der Waals surface area (Å²) in [5.41, 5.74) is 5.96. The largest absolute Gasteiger partial charge is 0.334 e. The Morgan fingerprint density at radius 2 is 1.81 bits per heavy atom. The zero-order chi connectivity index (χ0) is 17.5. The van der Waals surface area contributed by atoms with Gasteiger partial charge in [0.05, 0.1) is 23.1 Å². The van der Waals surface area contributed by atoms with Gasteiger partial charge >= 0.3 is 0 Å². The lowest BCUT2D eigenvalue weighted by Gasteiger charge is -2.04. The van der Waals surface area contributed by atoms with Crippen LogP contribution >= 0.6 is 0 Å². The molecule has 0 saturated heterocycles. The lowest BCUT2D eigenvalue weighted by Crippen LogP contribution is -2.01. The van der Waals surface area contributed by atoms with Gasteiger partial charge in [0, 0.05) is 19.0 Å². The van der Waals surface area contributed by atoms with E-state index in [9.17, 15) is 0 Å². The molecule has 6 nitrogen and oxygen atoms in total. The molecule has 0 aliphatic rings. The molecule has 5 rings (SSSR count). The van der Waals surface area contributed by atoms with E-state index in [1.54, 1.807) is 0 Å². The van der Waals surface area contributed by atoms with Crippen molar-refractivity contribution >= 4 is 16.7 Å². The van der Waals surface area contributed by atoms with Crippen LogP contribution in [0.15, 0.2) is 67.0 Å². The molecule has 0 saturated carbocycles. The fourth-order valence-corrected chi connectivity index (χ4v) is 3.18. The van der Waals surface area contributed by atoms with E-state index in [0.717, 1.165) is 39.3 Å². The Kier molecular flexibility index (Phi) is 3.28. The van der Waals surface area contributed by atoms with Crippen molar-refractivity contribution in [1.82, 2.24) is 29.4 Å². The predicted octanol–water partition coefficient (Wildman–Crippen LogP) is 3.27. The SMILES string of the molecule is Cn1cnc2cc(Cc3nnc4ccc(-c5ccccc5)nn34)ccc21. The zero-order valence-corrected chi connectivity index (χ0v) is 14.2. The minimum atomic E-state index is 0.652. The molecule has 0 aliphatic carbocycles. The van der Waals surface area contributed by atoms with E-state index < -0.39 is 0 Å². The van der Waals surface area contributed by atoms with Gasteiger partial charge in [-0.2, -0.15) is 9.61 Å². The second kappa shape index (κ2) is 5.77. The highest BCUT2D eigenvalue weighted by Crippen LogP contribution is 2.19. The van der Waals surface area contributed by atoms with Crippen molar-refractivity contribution in [3.8, 4) is 11.3 Å². The minimum absolute atomic E-state index is 0.652. The van der Waals surface area contributed by atoms with Crippen LogP contribution in [-0.2, 0) is 13.5 Å². The molecule has 3 aromatic heterocycles. The third-order valence-corrected chi connectivity index (χ3v) is 4.55. The molecule has 0 fully saturated rings. The number of hydrogen-bond donors (Lipinski definition) is 0. The lowest BCUT2D eigenvalue weighted by molar-refractivity contribution is 0.842. The van der Waals surface area contributed by atoms with Crippen LogP contribution in [0.4, 0.5) is 0 Å². The van der Waals surface area contributed by atoms with Crippen molar-refractivity contribution in [2.45, 2.75) is 6.42 Å². The molecular formula is C20H16N6. The van der Waals surface area contributed by atoms with Gasteiger partial charge < -0.3 is 4.57 Å². The van der Waals surface area contributed by atoms with Crippen LogP contribution in [0.5, 0.6) is 0 Å². The van der Waals surface area contributed by atoms with Crippen LogP contribution in [0.3, 0.4) is 0 Å². The first-order chi connectivity index (χ1) is 12.8. The molecule has 0 unspecified atom stereocenters. The van der Waals surface area contributed by atoms with E-state index in [0.29, 0.717) is 6.42 Å². The zero-order valence-electron chi connectivity index (χ0n) is 14.2. The molecule has 0 aliphatic heterocycles. The van der Waals surface area contributed by atoms with Gasteiger partial charge in [-0.3, -0.25) is 0 Å². The topological polar surface area (TPSA) is 60.9 Å². The molecule has 0 spiro atoms. The van der Waals surface area contributed by atoms with E-state index in [1.807, 2.05) is 64.9 Å². The standard InChI is InChI=1S/C20H16N6/c1-25-13-21-17-11-14(7-9-18(17)25)12-20-23-22-19-10-8-16(24-26(19)20)15-5-3-2-4-6-15/h2-11,13H,12H2,1H3. The van der Waals surface area contributed by atoms with Gasteiger partial charge in [0.2, 0.25) is 0 Å². The molecule has 0 radical (unpaired) electrons. The normalized spacial score (nSPS) is 11.4. The van der Waals surface area contributed by atoms with Gasteiger partial charge in [0.15, 0.2) is 11.5 Å². The summed E-state index contributed by atoms with van der Waals surface area (Å²) < 4.78 is 3.84. The maximum atomic E-state index is 4.74. The Morgan fingerprint density at radius 3 is 2.69 bits per heavy atom. The smallest absolute Gasteiger partial charge is 0.177 e. The third kappa shape index (κ3) is 2.43. The van der Waals surface area contributed by atoms with Crippen LogP contribution in [0.2, 0.25) is 0 Å². The van der Waals surface area contributed by atoms with Crippen LogP contribution < -0.4 is 0 Å².